The average Bonchev–Trinajstić information content (AvgIpc) is 3.38. The lowest BCUT2D eigenvalue weighted by Gasteiger charge is -2.15. The summed E-state index contributed by atoms with van der Waals surface area (Å²) < 4.78 is 72.1. The molecule has 148 valence electrons. The molecule has 0 heterocycles. The second-order valence-corrected chi connectivity index (χ2v) is 6.13. The first-order chi connectivity index (χ1) is 12.7. The molecule has 0 radical (unpaired) electrons. The fourth-order valence-corrected chi connectivity index (χ4v) is 1.96. The van der Waals surface area contributed by atoms with Gasteiger partial charge in [-0.15, -0.1) is 0 Å². The van der Waals surface area contributed by atoms with Gasteiger partial charge in [-0.1, -0.05) is 31.9 Å². The summed E-state index contributed by atoms with van der Waals surface area (Å²) in [5.41, 5.74) is -0.643. The molecule has 1 fully saturated rings. The topological polar surface area (TPSA) is 38.7 Å². The Morgan fingerprint density at radius 1 is 1.07 bits per heavy atom. The molecular formula is C19H19F5O3. The molecule has 0 unspecified atom stereocenters. The summed E-state index contributed by atoms with van der Waals surface area (Å²) in [4.78, 5) is 0. The molecule has 0 bridgehead atoms. The Kier molecular flexibility index (Phi) is 7.01. The number of alkyl halides is 5. The van der Waals surface area contributed by atoms with Crippen molar-refractivity contribution in [3.63, 3.8) is 0 Å². The fraction of sp³-hybridized carbons (Fsp3) is 0.368. The molecule has 1 aliphatic carbocycles. The molecule has 2 aromatic carbocycles. The van der Waals surface area contributed by atoms with Crippen molar-refractivity contribution >= 4 is 0 Å². The van der Waals surface area contributed by atoms with Crippen molar-refractivity contribution < 1.29 is 36.5 Å². The maximum atomic E-state index is 12.7. The molecule has 27 heavy (non-hydrogen) atoms. The minimum absolute atomic E-state index is 0.162. The van der Waals surface area contributed by atoms with Gasteiger partial charge in [0.15, 0.2) is 11.5 Å². The summed E-state index contributed by atoms with van der Waals surface area (Å²) in [7, 11) is 0. The van der Waals surface area contributed by atoms with Crippen LogP contribution in [-0.4, -0.2) is 11.7 Å². The van der Waals surface area contributed by atoms with E-state index in [-0.39, 0.29) is 18.1 Å². The predicted molar refractivity (Wildman–Crippen MR) is 88.9 cm³/mol. The molecule has 3 rings (SSSR count). The number of rotatable bonds is 5. The zero-order valence-electron chi connectivity index (χ0n) is 14.5. The third kappa shape index (κ3) is 7.05. The van der Waals surface area contributed by atoms with E-state index in [1.165, 1.54) is 25.0 Å². The van der Waals surface area contributed by atoms with E-state index in [0.29, 0.717) is 17.7 Å². The van der Waals surface area contributed by atoms with Crippen LogP contribution >= 0.6 is 0 Å². The predicted octanol–water partition coefficient (Wildman–Crippen LogP) is 6.01. The van der Waals surface area contributed by atoms with Crippen molar-refractivity contribution in [2.75, 3.05) is 0 Å². The highest BCUT2D eigenvalue weighted by Gasteiger charge is 2.32. The maximum absolute atomic E-state index is 12.7. The second-order valence-electron chi connectivity index (χ2n) is 6.13. The standard InChI is InChI=1S/C15H11F5O3.C4H8/c16-14(17)23-13-7-10(15(18,19)20)4-5-12(13)22-11-3-1-2-9(6-11)8-21;1-4-2-3-4/h1-7,14,21H,8H2;4H,2-3H2,1H3. The van der Waals surface area contributed by atoms with Crippen LogP contribution in [0.4, 0.5) is 22.0 Å². The Morgan fingerprint density at radius 2 is 1.74 bits per heavy atom. The Labute approximate surface area is 153 Å². The van der Waals surface area contributed by atoms with Crippen molar-refractivity contribution in [3.05, 3.63) is 53.6 Å². The number of hydrogen-bond donors (Lipinski definition) is 1. The van der Waals surface area contributed by atoms with Gasteiger partial charge in [0.05, 0.1) is 12.2 Å². The van der Waals surface area contributed by atoms with Crippen molar-refractivity contribution in [3.8, 4) is 17.2 Å². The number of benzene rings is 2. The monoisotopic (exact) mass is 390 g/mol. The van der Waals surface area contributed by atoms with E-state index in [1.807, 2.05) is 0 Å². The number of hydrogen-bond acceptors (Lipinski definition) is 3. The third-order valence-corrected chi connectivity index (χ3v) is 3.66. The SMILES string of the molecule is CC1CC1.OCc1cccc(Oc2ccc(C(F)(F)F)cc2OC(F)F)c1. The van der Waals surface area contributed by atoms with Crippen LogP contribution in [0.2, 0.25) is 0 Å². The summed E-state index contributed by atoms with van der Waals surface area (Å²) in [6.45, 7) is -1.30. The van der Waals surface area contributed by atoms with Crippen molar-refractivity contribution in [1.29, 1.82) is 0 Å². The highest BCUT2D eigenvalue weighted by molar-refractivity contribution is 5.46. The van der Waals surface area contributed by atoms with Crippen molar-refractivity contribution in [2.24, 2.45) is 5.92 Å². The number of aliphatic hydroxyl groups excluding tert-OH is 1. The van der Waals surface area contributed by atoms with Crippen LogP contribution in [0.5, 0.6) is 17.2 Å². The molecule has 0 aliphatic heterocycles. The average molecular weight is 390 g/mol. The zero-order chi connectivity index (χ0) is 20.0. The van der Waals surface area contributed by atoms with Gasteiger partial charge in [-0.05, 0) is 41.8 Å². The van der Waals surface area contributed by atoms with E-state index < -0.39 is 24.1 Å². The van der Waals surface area contributed by atoms with Gasteiger partial charge in [-0.2, -0.15) is 22.0 Å². The van der Waals surface area contributed by atoms with Crippen LogP contribution in [0, 0.1) is 5.92 Å². The summed E-state index contributed by atoms with van der Waals surface area (Å²) in [5.74, 6) is 0.216. The molecule has 8 heteroatoms. The van der Waals surface area contributed by atoms with E-state index in [9.17, 15) is 22.0 Å². The van der Waals surface area contributed by atoms with E-state index >= 15 is 0 Å². The van der Waals surface area contributed by atoms with Crippen LogP contribution in [0.1, 0.15) is 30.9 Å². The highest BCUT2D eigenvalue weighted by Crippen LogP contribution is 2.38. The van der Waals surface area contributed by atoms with Gasteiger partial charge in [0.25, 0.3) is 0 Å². The molecule has 0 spiro atoms. The zero-order valence-corrected chi connectivity index (χ0v) is 14.5. The first kappa shape index (κ1) is 21.0. The van der Waals surface area contributed by atoms with E-state index in [4.69, 9.17) is 9.84 Å². The molecule has 3 nitrogen and oxygen atoms in total. The summed E-state index contributed by atoms with van der Waals surface area (Å²) in [6, 6.07) is 8.05. The molecule has 0 atom stereocenters. The normalized spacial score (nSPS) is 13.8. The number of ether oxygens (including phenoxy) is 2. The number of halogens is 5. The Morgan fingerprint density at radius 3 is 2.26 bits per heavy atom. The molecule has 0 aromatic heterocycles. The van der Waals surface area contributed by atoms with Crippen LogP contribution in [0.3, 0.4) is 0 Å². The Balaban J connectivity index is 0.000000576. The lowest BCUT2D eigenvalue weighted by atomic mass is 10.2. The quantitative estimate of drug-likeness (QED) is 0.636. The number of aliphatic hydroxyl groups is 1. The molecule has 1 N–H and O–H groups in total. The maximum Gasteiger partial charge on any atom is 0.416 e. The highest BCUT2D eigenvalue weighted by atomic mass is 19.4. The molecule has 0 amide bonds. The van der Waals surface area contributed by atoms with Crippen LogP contribution < -0.4 is 9.47 Å². The summed E-state index contributed by atoms with van der Waals surface area (Å²) >= 11 is 0. The van der Waals surface area contributed by atoms with Gasteiger partial charge >= 0.3 is 12.8 Å². The first-order valence-corrected chi connectivity index (χ1v) is 8.22. The molecule has 0 saturated heterocycles. The minimum Gasteiger partial charge on any atom is -0.453 e. The lowest BCUT2D eigenvalue weighted by molar-refractivity contribution is -0.138. The van der Waals surface area contributed by atoms with E-state index in [2.05, 4.69) is 11.7 Å². The van der Waals surface area contributed by atoms with Crippen LogP contribution in [-0.2, 0) is 12.8 Å². The van der Waals surface area contributed by atoms with Gasteiger partial charge in [0.1, 0.15) is 5.75 Å². The van der Waals surface area contributed by atoms with Crippen molar-refractivity contribution in [1.82, 2.24) is 0 Å². The largest absolute Gasteiger partial charge is 0.453 e. The van der Waals surface area contributed by atoms with Gasteiger partial charge in [0, 0.05) is 0 Å². The Hall–Kier alpha value is -2.35. The third-order valence-electron chi connectivity index (χ3n) is 3.66. The lowest BCUT2D eigenvalue weighted by Crippen LogP contribution is -2.08. The summed E-state index contributed by atoms with van der Waals surface area (Å²) in [5, 5.41) is 9.02. The minimum atomic E-state index is -4.70. The molecule has 1 aliphatic rings. The second kappa shape index (κ2) is 9.03. The van der Waals surface area contributed by atoms with Gasteiger partial charge in [-0.25, -0.2) is 0 Å². The summed E-state index contributed by atoms with van der Waals surface area (Å²) in [6.07, 6.45) is -1.73. The van der Waals surface area contributed by atoms with Gasteiger partial charge in [0.2, 0.25) is 0 Å². The molecule has 2 aromatic rings. The first-order valence-electron chi connectivity index (χ1n) is 8.22. The van der Waals surface area contributed by atoms with Crippen LogP contribution in [0.15, 0.2) is 42.5 Å². The fourth-order valence-electron chi connectivity index (χ4n) is 1.96. The van der Waals surface area contributed by atoms with Gasteiger partial charge in [-0.3, -0.25) is 0 Å². The van der Waals surface area contributed by atoms with Crippen LogP contribution in [0.25, 0.3) is 0 Å². The van der Waals surface area contributed by atoms with E-state index in [1.54, 1.807) is 12.1 Å². The van der Waals surface area contributed by atoms with E-state index in [0.717, 1.165) is 12.0 Å². The Bertz CT molecular complexity index is 742. The molecule has 1 saturated carbocycles. The smallest absolute Gasteiger partial charge is 0.416 e. The van der Waals surface area contributed by atoms with Crippen molar-refractivity contribution in [2.45, 2.75) is 39.2 Å². The van der Waals surface area contributed by atoms with Gasteiger partial charge < -0.3 is 14.6 Å². The molecular weight excluding hydrogens is 371 g/mol.